The Hall–Kier alpha value is -1.59. The predicted octanol–water partition coefficient (Wildman–Crippen LogP) is 1.37. The van der Waals surface area contributed by atoms with Crippen molar-refractivity contribution in [3.05, 3.63) is 30.1 Å². The standard InChI is InChI=1S/C11H14N2O3/c1-3-16-11(14)9-7-12-13-5-4-8(15-2)6-10(9)13/h4-7,11,14H,3H2,1-2H3. The molecule has 0 spiro atoms. The predicted molar refractivity (Wildman–Crippen MR) is 58.3 cm³/mol. The fourth-order valence-electron chi connectivity index (χ4n) is 1.55. The number of rotatable bonds is 4. The molecule has 0 aliphatic rings. The first-order valence-electron chi connectivity index (χ1n) is 5.07. The fraction of sp³-hybridized carbons (Fsp3) is 0.364. The van der Waals surface area contributed by atoms with E-state index in [9.17, 15) is 5.11 Å². The van der Waals surface area contributed by atoms with Gasteiger partial charge in [-0.25, -0.2) is 4.52 Å². The molecule has 0 saturated carbocycles. The largest absolute Gasteiger partial charge is 0.497 e. The Morgan fingerprint density at radius 2 is 2.38 bits per heavy atom. The molecule has 86 valence electrons. The van der Waals surface area contributed by atoms with Crippen LogP contribution in [0.1, 0.15) is 18.8 Å². The smallest absolute Gasteiger partial charge is 0.184 e. The summed E-state index contributed by atoms with van der Waals surface area (Å²) in [7, 11) is 1.60. The van der Waals surface area contributed by atoms with Crippen LogP contribution in [0.15, 0.2) is 24.5 Å². The number of aromatic nitrogens is 2. The van der Waals surface area contributed by atoms with Crippen molar-refractivity contribution in [1.82, 2.24) is 9.61 Å². The second-order valence-electron chi connectivity index (χ2n) is 3.30. The van der Waals surface area contributed by atoms with Crippen molar-refractivity contribution in [3.8, 4) is 5.75 Å². The van der Waals surface area contributed by atoms with Gasteiger partial charge in [0.15, 0.2) is 6.29 Å². The van der Waals surface area contributed by atoms with Gasteiger partial charge >= 0.3 is 0 Å². The van der Waals surface area contributed by atoms with Gasteiger partial charge in [-0.15, -0.1) is 0 Å². The van der Waals surface area contributed by atoms with Crippen LogP contribution in [0.3, 0.4) is 0 Å². The first kappa shape index (κ1) is 10.9. The van der Waals surface area contributed by atoms with Crippen LogP contribution in [0.5, 0.6) is 5.75 Å². The highest BCUT2D eigenvalue weighted by Gasteiger charge is 2.13. The van der Waals surface area contributed by atoms with Crippen LogP contribution < -0.4 is 4.74 Å². The third kappa shape index (κ3) is 1.87. The zero-order valence-corrected chi connectivity index (χ0v) is 9.25. The minimum Gasteiger partial charge on any atom is -0.497 e. The normalized spacial score (nSPS) is 12.9. The minimum atomic E-state index is -0.949. The molecule has 5 nitrogen and oxygen atoms in total. The van der Waals surface area contributed by atoms with Crippen LogP contribution in [-0.2, 0) is 4.74 Å². The Balaban J connectivity index is 2.45. The third-order valence-corrected chi connectivity index (χ3v) is 2.35. The van der Waals surface area contributed by atoms with Crippen molar-refractivity contribution in [2.45, 2.75) is 13.2 Å². The highest BCUT2D eigenvalue weighted by molar-refractivity contribution is 5.57. The Morgan fingerprint density at radius 3 is 3.06 bits per heavy atom. The van der Waals surface area contributed by atoms with E-state index in [4.69, 9.17) is 9.47 Å². The van der Waals surface area contributed by atoms with Crippen LogP contribution in [0.2, 0.25) is 0 Å². The van der Waals surface area contributed by atoms with Crippen molar-refractivity contribution in [2.75, 3.05) is 13.7 Å². The molecule has 0 aliphatic heterocycles. The summed E-state index contributed by atoms with van der Waals surface area (Å²) in [6.07, 6.45) is 2.42. The number of ether oxygens (including phenoxy) is 2. The number of fused-ring (bicyclic) bond motifs is 1. The van der Waals surface area contributed by atoms with E-state index in [-0.39, 0.29) is 0 Å². The Labute approximate surface area is 93.2 Å². The molecule has 1 atom stereocenters. The number of aliphatic hydroxyl groups excluding tert-OH is 1. The molecule has 0 saturated heterocycles. The zero-order valence-electron chi connectivity index (χ0n) is 9.25. The number of pyridine rings is 1. The van der Waals surface area contributed by atoms with Gasteiger partial charge in [0.05, 0.1) is 24.4 Å². The molecule has 0 fully saturated rings. The summed E-state index contributed by atoms with van der Waals surface area (Å²) in [6.45, 7) is 2.28. The van der Waals surface area contributed by atoms with E-state index in [1.165, 1.54) is 0 Å². The number of methoxy groups -OCH3 is 1. The fourth-order valence-corrected chi connectivity index (χ4v) is 1.55. The van der Waals surface area contributed by atoms with Gasteiger partial charge in [0.1, 0.15) is 5.75 Å². The zero-order chi connectivity index (χ0) is 11.5. The van der Waals surface area contributed by atoms with Crippen molar-refractivity contribution in [1.29, 1.82) is 0 Å². The summed E-state index contributed by atoms with van der Waals surface area (Å²) < 4.78 is 11.9. The van der Waals surface area contributed by atoms with Gasteiger partial charge in [0, 0.05) is 18.9 Å². The van der Waals surface area contributed by atoms with Gasteiger partial charge in [-0.3, -0.25) is 0 Å². The first-order valence-corrected chi connectivity index (χ1v) is 5.07. The average molecular weight is 222 g/mol. The lowest BCUT2D eigenvalue weighted by atomic mass is 10.2. The summed E-state index contributed by atoms with van der Waals surface area (Å²) in [6, 6.07) is 3.61. The second-order valence-corrected chi connectivity index (χ2v) is 3.30. The summed E-state index contributed by atoms with van der Waals surface area (Å²) in [4.78, 5) is 0. The molecular weight excluding hydrogens is 208 g/mol. The van der Waals surface area contributed by atoms with Gasteiger partial charge in [0.2, 0.25) is 0 Å². The van der Waals surface area contributed by atoms with Crippen LogP contribution >= 0.6 is 0 Å². The van der Waals surface area contributed by atoms with E-state index < -0.39 is 6.29 Å². The topological polar surface area (TPSA) is 56.0 Å². The van der Waals surface area contributed by atoms with E-state index in [2.05, 4.69) is 5.10 Å². The molecule has 0 radical (unpaired) electrons. The van der Waals surface area contributed by atoms with E-state index in [0.717, 1.165) is 11.3 Å². The van der Waals surface area contributed by atoms with E-state index in [1.54, 1.807) is 30.1 Å². The van der Waals surface area contributed by atoms with Gasteiger partial charge in [-0.05, 0) is 13.0 Å². The Kier molecular flexibility index (Phi) is 3.07. The number of aliphatic hydroxyl groups is 1. The maximum absolute atomic E-state index is 9.75. The maximum Gasteiger partial charge on any atom is 0.184 e. The van der Waals surface area contributed by atoms with Gasteiger partial charge in [0.25, 0.3) is 0 Å². The summed E-state index contributed by atoms with van der Waals surface area (Å²) in [5.74, 6) is 0.720. The molecule has 1 N–H and O–H groups in total. The van der Waals surface area contributed by atoms with Gasteiger partial charge < -0.3 is 14.6 Å². The molecule has 0 bridgehead atoms. The molecule has 2 heterocycles. The number of nitrogens with zero attached hydrogens (tertiary/aromatic N) is 2. The minimum absolute atomic E-state index is 0.447. The third-order valence-electron chi connectivity index (χ3n) is 2.35. The highest BCUT2D eigenvalue weighted by atomic mass is 16.6. The lowest BCUT2D eigenvalue weighted by Gasteiger charge is -2.09. The van der Waals surface area contributed by atoms with E-state index >= 15 is 0 Å². The Bertz CT molecular complexity index is 481. The van der Waals surface area contributed by atoms with Crippen molar-refractivity contribution in [3.63, 3.8) is 0 Å². The molecular formula is C11H14N2O3. The number of hydrogen-bond donors (Lipinski definition) is 1. The molecule has 0 amide bonds. The lowest BCUT2D eigenvalue weighted by molar-refractivity contribution is -0.0970. The summed E-state index contributed by atoms with van der Waals surface area (Å²) in [5, 5.41) is 13.9. The highest BCUT2D eigenvalue weighted by Crippen LogP contribution is 2.23. The molecule has 2 rings (SSSR count). The molecule has 2 aromatic rings. The molecule has 0 aromatic carbocycles. The first-order chi connectivity index (χ1) is 7.76. The summed E-state index contributed by atoms with van der Waals surface area (Å²) >= 11 is 0. The van der Waals surface area contributed by atoms with Crippen LogP contribution in [0.4, 0.5) is 0 Å². The molecule has 0 aliphatic carbocycles. The monoisotopic (exact) mass is 222 g/mol. The summed E-state index contributed by atoms with van der Waals surface area (Å²) in [5.41, 5.74) is 1.42. The molecule has 1 unspecified atom stereocenters. The maximum atomic E-state index is 9.75. The van der Waals surface area contributed by atoms with Gasteiger partial charge in [-0.2, -0.15) is 5.10 Å². The quantitative estimate of drug-likeness (QED) is 0.794. The molecule has 5 heteroatoms. The number of hydrogen-bond acceptors (Lipinski definition) is 4. The van der Waals surface area contributed by atoms with Crippen LogP contribution in [0.25, 0.3) is 5.52 Å². The lowest BCUT2D eigenvalue weighted by Crippen LogP contribution is -2.02. The van der Waals surface area contributed by atoms with Crippen molar-refractivity contribution in [2.24, 2.45) is 0 Å². The van der Waals surface area contributed by atoms with Crippen LogP contribution in [0, 0.1) is 0 Å². The molecule has 16 heavy (non-hydrogen) atoms. The second kappa shape index (κ2) is 4.51. The SMILES string of the molecule is CCOC(O)c1cnn2ccc(OC)cc12. The van der Waals surface area contributed by atoms with E-state index in [1.807, 2.05) is 13.0 Å². The van der Waals surface area contributed by atoms with Crippen molar-refractivity contribution < 1.29 is 14.6 Å². The average Bonchev–Trinajstić information content (AvgIpc) is 2.71. The van der Waals surface area contributed by atoms with Crippen LogP contribution in [-0.4, -0.2) is 28.4 Å². The molecule has 2 aromatic heterocycles. The van der Waals surface area contributed by atoms with Gasteiger partial charge in [-0.1, -0.05) is 0 Å². The van der Waals surface area contributed by atoms with E-state index in [0.29, 0.717) is 12.2 Å². The van der Waals surface area contributed by atoms with Crippen molar-refractivity contribution >= 4 is 5.52 Å². The Morgan fingerprint density at radius 1 is 1.56 bits per heavy atom.